The fraction of sp³-hybridized carbons (Fsp3) is 0.368. The minimum atomic E-state index is -0.275. The summed E-state index contributed by atoms with van der Waals surface area (Å²) in [7, 11) is 0. The zero-order valence-corrected chi connectivity index (χ0v) is 12.4. The van der Waals surface area contributed by atoms with Crippen molar-refractivity contribution in [1.29, 1.82) is 0 Å². The zero-order valence-electron chi connectivity index (χ0n) is 12.4. The van der Waals surface area contributed by atoms with Crippen molar-refractivity contribution in [1.82, 2.24) is 0 Å². The van der Waals surface area contributed by atoms with Crippen molar-refractivity contribution in [2.45, 2.75) is 38.0 Å². The van der Waals surface area contributed by atoms with Crippen LogP contribution >= 0.6 is 0 Å². The summed E-state index contributed by atoms with van der Waals surface area (Å²) < 4.78 is 0. The van der Waals surface area contributed by atoms with E-state index >= 15 is 0 Å². The molecular weight excluding hydrogens is 260 g/mol. The number of aromatic hydroxyl groups is 2. The predicted molar refractivity (Wildman–Crippen MR) is 84.6 cm³/mol. The summed E-state index contributed by atoms with van der Waals surface area (Å²) in [4.78, 5) is 0. The van der Waals surface area contributed by atoms with Gasteiger partial charge in [-0.25, -0.2) is 0 Å². The van der Waals surface area contributed by atoms with Crippen LogP contribution in [-0.4, -0.2) is 10.2 Å². The molecule has 1 saturated carbocycles. The van der Waals surface area contributed by atoms with Gasteiger partial charge in [0.1, 0.15) is 11.5 Å². The molecule has 2 aromatic rings. The van der Waals surface area contributed by atoms with Crippen molar-refractivity contribution in [2.75, 3.05) is 0 Å². The molecule has 0 atom stereocenters. The summed E-state index contributed by atoms with van der Waals surface area (Å²) in [6, 6.07) is 15.1. The smallest absolute Gasteiger partial charge is 0.119 e. The minimum Gasteiger partial charge on any atom is -0.508 e. The molecule has 2 N–H and O–H groups in total. The van der Waals surface area contributed by atoms with Gasteiger partial charge >= 0.3 is 0 Å². The summed E-state index contributed by atoms with van der Waals surface area (Å²) in [5.74, 6) is 1.36. The molecular formula is C19H22O2. The SMILES string of the molecule is CC1CCC(c2ccccc2O)(c2ccccc2O)CC1. The van der Waals surface area contributed by atoms with Gasteiger partial charge < -0.3 is 10.2 Å². The van der Waals surface area contributed by atoms with E-state index in [0.717, 1.165) is 36.8 Å². The first-order chi connectivity index (χ1) is 10.1. The van der Waals surface area contributed by atoms with Crippen molar-refractivity contribution in [3.8, 4) is 11.5 Å². The zero-order chi connectivity index (χ0) is 14.9. The van der Waals surface area contributed by atoms with E-state index in [2.05, 4.69) is 6.92 Å². The lowest BCUT2D eigenvalue weighted by atomic mass is 9.63. The predicted octanol–water partition coefficient (Wildman–Crippen LogP) is 4.59. The molecule has 1 aliphatic carbocycles. The first kappa shape index (κ1) is 14.0. The first-order valence-electron chi connectivity index (χ1n) is 7.70. The van der Waals surface area contributed by atoms with Crippen molar-refractivity contribution < 1.29 is 10.2 Å². The van der Waals surface area contributed by atoms with E-state index in [-0.39, 0.29) is 5.41 Å². The van der Waals surface area contributed by atoms with Gasteiger partial charge in [-0.05, 0) is 43.7 Å². The van der Waals surface area contributed by atoms with Gasteiger partial charge in [0.05, 0.1) is 0 Å². The third kappa shape index (κ3) is 2.39. The number of benzene rings is 2. The van der Waals surface area contributed by atoms with E-state index in [1.54, 1.807) is 12.1 Å². The average molecular weight is 282 g/mol. The number of rotatable bonds is 2. The van der Waals surface area contributed by atoms with Crippen LogP contribution in [0, 0.1) is 5.92 Å². The number of phenols is 2. The Labute approximate surface area is 126 Å². The second kappa shape index (κ2) is 5.44. The molecule has 2 heteroatoms. The van der Waals surface area contributed by atoms with E-state index < -0.39 is 0 Å². The number of hydrogen-bond donors (Lipinski definition) is 2. The lowest BCUT2D eigenvalue weighted by Crippen LogP contribution is -2.32. The highest BCUT2D eigenvalue weighted by molar-refractivity contribution is 5.51. The summed E-state index contributed by atoms with van der Waals surface area (Å²) in [6.07, 6.45) is 4.15. The Morgan fingerprint density at radius 2 is 1.24 bits per heavy atom. The van der Waals surface area contributed by atoms with Crippen LogP contribution in [0.25, 0.3) is 0 Å². The van der Waals surface area contributed by atoms with Crippen LogP contribution in [-0.2, 0) is 5.41 Å². The highest BCUT2D eigenvalue weighted by Crippen LogP contribution is 2.51. The summed E-state index contributed by atoms with van der Waals surface area (Å²) in [5.41, 5.74) is 1.61. The molecule has 0 radical (unpaired) electrons. The Balaban J connectivity index is 2.17. The second-order valence-electron chi connectivity index (χ2n) is 6.30. The quantitative estimate of drug-likeness (QED) is 0.845. The molecule has 0 bridgehead atoms. The molecule has 0 saturated heterocycles. The molecule has 0 spiro atoms. The van der Waals surface area contributed by atoms with Crippen molar-refractivity contribution >= 4 is 0 Å². The fourth-order valence-corrected chi connectivity index (χ4v) is 3.70. The number of phenolic OH excluding ortho intramolecular Hbond substituents is 2. The summed E-state index contributed by atoms with van der Waals surface area (Å²) in [6.45, 7) is 2.28. The molecule has 0 aliphatic heterocycles. The lowest BCUT2D eigenvalue weighted by Gasteiger charge is -2.41. The van der Waals surface area contributed by atoms with Gasteiger partial charge in [0.2, 0.25) is 0 Å². The van der Waals surface area contributed by atoms with E-state index in [1.165, 1.54) is 0 Å². The van der Waals surface area contributed by atoms with Gasteiger partial charge in [-0.3, -0.25) is 0 Å². The Bertz CT molecular complexity index is 577. The van der Waals surface area contributed by atoms with Crippen LogP contribution in [0.1, 0.15) is 43.7 Å². The first-order valence-corrected chi connectivity index (χ1v) is 7.70. The Hall–Kier alpha value is -1.96. The van der Waals surface area contributed by atoms with Crippen molar-refractivity contribution in [3.05, 3.63) is 59.7 Å². The normalized spacial score (nSPS) is 18.5. The molecule has 1 aliphatic rings. The standard InChI is InChI=1S/C19H22O2/c1-14-10-12-19(13-11-14,15-6-2-4-8-17(15)20)16-7-3-5-9-18(16)21/h2-9,14,20-21H,10-13H2,1H3. The number of hydrogen-bond acceptors (Lipinski definition) is 2. The Kier molecular flexibility index (Phi) is 3.62. The largest absolute Gasteiger partial charge is 0.508 e. The maximum atomic E-state index is 10.4. The van der Waals surface area contributed by atoms with Gasteiger partial charge in [-0.1, -0.05) is 43.3 Å². The van der Waals surface area contributed by atoms with Crippen molar-refractivity contribution in [3.63, 3.8) is 0 Å². The number of para-hydroxylation sites is 2. The van der Waals surface area contributed by atoms with Gasteiger partial charge in [0.25, 0.3) is 0 Å². The molecule has 0 aromatic heterocycles. The molecule has 0 unspecified atom stereocenters. The maximum absolute atomic E-state index is 10.4. The van der Waals surface area contributed by atoms with Crippen LogP contribution in [0.4, 0.5) is 0 Å². The fourth-order valence-electron chi connectivity index (χ4n) is 3.70. The van der Waals surface area contributed by atoms with Gasteiger partial charge in [-0.2, -0.15) is 0 Å². The lowest BCUT2D eigenvalue weighted by molar-refractivity contribution is 0.268. The van der Waals surface area contributed by atoms with Crippen LogP contribution < -0.4 is 0 Å². The van der Waals surface area contributed by atoms with Gasteiger partial charge in [0, 0.05) is 16.5 Å². The van der Waals surface area contributed by atoms with Crippen molar-refractivity contribution in [2.24, 2.45) is 5.92 Å². The Morgan fingerprint density at radius 3 is 1.67 bits per heavy atom. The monoisotopic (exact) mass is 282 g/mol. The van der Waals surface area contributed by atoms with Gasteiger partial charge in [0.15, 0.2) is 0 Å². The van der Waals surface area contributed by atoms with Crippen LogP contribution in [0.15, 0.2) is 48.5 Å². The highest BCUT2D eigenvalue weighted by Gasteiger charge is 2.40. The maximum Gasteiger partial charge on any atom is 0.119 e. The third-order valence-corrected chi connectivity index (χ3v) is 4.97. The van der Waals surface area contributed by atoms with E-state index in [9.17, 15) is 10.2 Å². The van der Waals surface area contributed by atoms with E-state index in [0.29, 0.717) is 17.4 Å². The van der Waals surface area contributed by atoms with Crippen LogP contribution in [0.3, 0.4) is 0 Å². The Morgan fingerprint density at radius 1 is 0.810 bits per heavy atom. The van der Waals surface area contributed by atoms with Crippen LogP contribution in [0.2, 0.25) is 0 Å². The van der Waals surface area contributed by atoms with Crippen LogP contribution in [0.5, 0.6) is 11.5 Å². The summed E-state index contributed by atoms with van der Waals surface area (Å²) in [5, 5.41) is 20.7. The molecule has 0 amide bonds. The molecule has 2 aromatic carbocycles. The molecule has 1 fully saturated rings. The van der Waals surface area contributed by atoms with Gasteiger partial charge in [-0.15, -0.1) is 0 Å². The molecule has 110 valence electrons. The van der Waals surface area contributed by atoms with E-state index in [4.69, 9.17) is 0 Å². The topological polar surface area (TPSA) is 40.5 Å². The average Bonchev–Trinajstić information content (AvgIpc) is 2.50. The van der Waals surface area contributed by atoms with E-state index in [1.807, 2.05) is 36.4 Å². The minimum absolute atomic E-state index is 0.275. The molecule has 21 heavy (non-hydrogen) atoms. The summed E-state index contributed by atoms with van der Waals surface area (Å²) >= 11 is 0. The second-order valence-corrected chi connectivity index (χ2v) is 6.30. The molecule has 0 heterocycles. The third-order valence-electron chi connectivity index (χ3n) is 4.97. The highest BCUT2D eigenvalue weighted by atomic mass is 16.3. The molecule has 2 nitrogen and oxygen atoms in total. The molecule has 3 rings (SSSR count).